The van der Waals surface area contributed by atoms with E-state index in [1.165, 1.54) is 0 Å². The van der Waals surface area contributed by atoms with E-state index in [0.29, 0.717) is 17.2 Å². The van der Waals surface area contributed by atoms with Crippen LogP contribution in [0.4, 0.5) is 0 Å². The first-order chi connectivity index (χ1) is 12.7. The molecule has 8 heteroatoms. The molecule has 2 N–H and O–H groups in total. The SMILES string of the molecule is CCOc1ccc(-c2n[nH]c(=S)n2NN=CC(C)=Cc2ccco2)cc1. The molecule has 0 aliphatic rings. The van der Waals surface area contributed by atoms with E-state index in [9.17, 15) is 0 Å². The Morgan fingerprint density at radius 1 is 1.38 bits per heavy atom. The molecule has 26 heavy (non-hydrogen) atoms. The number of H-pyrrole nitrogens is 1. The maximum Gasteiger partial charge on any atom is 0.216 e. The number of nitrogens with zero attached hydrogens (tertiary/aromatic N) is 3. The lowest BCUT2D eigenvalue weighted by Gasteiger charge is -2.07. The Hall–Kier alpha value is -3.13. The van der Waals surface area contributed by atoms with Crippen molar-refractivity contribution >= 4 is 24.5 Å². The van der Waals surface area contributed by atoms with Crippen molar-refractivity contribution in [3.05, 3.63) is 58.8 Å². The summed E-state index contributed by atoms with van der Waals surface area (Å²) in [6, 6.07) is 11.3. The minimum atomic E-state index is 0.415. The molecule has 3 aromatic rings. The van der Waals surface area contributed by atoms with E-state index in [1.807, 2.05) is 56.3 Å². The zero-order chi connectivity index (χ0) is 18.4. The molecule has 3 rings (SSSR count). The molecule has 7 nitrogen and oxygen atoms in total. The molecule has 2 heterocycles. The van der Waals surface area contributed by atoms with Gasteiger partial charge in [0.05, 0.1) is 19.1 Å². The molecule has 0 atom stereocenters. The van der Waals surface area contributed by atoms with E-state index < -0.39 is 0 Å². The summed E-state index contributed by atoms with van der Waals surface area (Å²) in [5, 5.41) is 11.2. The van der Waals surface area contributed by atoms with Gasteiger partial charge in [-0.05, 0) is 74.1 Å². The average Bonchev–Trinajstić information content (AvgIpc) is 3.26. The molecular weight excluding hydrogens is 350 g/mol. The highest BCUT2D eigenvalue weighted by Crippen LogP contribution is 2.20. The van der Waals surface area contributed by atoms with Crippen LogP contribution in [0.5, 0.6) is 5.75 Å². The fourth-order valence-corrected chi connectivity index (χ4v) is 2.45. The smallest absolute Gasteiger partial charge is 0.216 e. The van der Waals surface area contributed by atoms with Crippen molar-refractivity contribution in [2.75, 3.05) is 12.1 Å². The van der Waals surface area contributed by atoms with Gasteiger partial charge in [0.1, 0.15) is 11.5 Å². The average molecular weight is 369 g/mol. The molecule has 2 aromatic heterocycles. The normalized spacial score (nSPS) is 11.8. The molecule has 0 saturated carbocycles. The Labute approximate surface area is 156 Å². The highest BCUT2D eigenvalue weighted by atomic mass is 32.1. The topological polar surface area (TPSA) is 80.4 Å². The van der Waals surface area contributed by atoms with Gasteiger partial charge in [-0.25, -0.2) is 10.6 Å². The highest BCUT2D eigenvalue weighted by molar-refractivity contribution is 7.71. The summed E-state index contributed by atoms with van der Waals surface area (Å²) in [7, 11) is 0. The van der Waals surface area contributed by atoms with Crippen LogP contribution in [0.15, 0.2) is 57.8 Å². The van der Waals surface area contributed by atoms with Gasteiger partial charge in [-0.3, -0.25) is 0 Å². The van der Waals surface area contributed by atoms with Crippen molar-refractivity contribution in [3.8, 4) is 17.1 Å². The number of nitrogens with one attached hydrogen (secondary N) is 2. The van der Waals surface area contributed by atoms with Crippen LogP contribution in [0.3, 0.4) is 0 Å². The van der Waals surface area contributed by atoms with Crippen LogP contribution in [0.2, 0.25) is 0 Å². The zero-order valence-corrected chi connectivity index (χ0v) is 15.3. The molecule has 0 aliphatic carbocycles. The van der Waals surface area contributed by atoms with E-state index in [0.717, 1.165) is 22.6 Å². The molecule has 0 unspecified atom stereocenters. The molecule has 0 aliphatic heterocycles. The summed E-state index contributed by atoms with van der Waals surface area (Å²) in [5.74, 6) is 2.20. The van der Waals surface area contributed by atoms with Crippen molar-refractivity contribution in [2.24, 2.45) is 5.10 Å². The first-order valence-electron chi connectivity index (χ1n) is 8.09. The van der Waals surface area contributed by atoms with Gasteiger partial charge < -0.3 is 9.15 Å². The number of benzene rings is 1. The number of hydrogen-bond acceptors (Lipinski definition) is 6. The molecular formula is C18H19N5O2S. The number of hydrogen-bond donors (Lipinski definition) is 2. The molecule has 0 amide bonds. The lowest BCUT2D eigenvalue weighted by atomic mass is 10.2. The maximum absolute atomic E-state index is 5.46. The van der Waals surface area contributed by atoms with Gasteiger partial charge in [-0.2, -0.15) is 14.9 Å². The van der Waals surface area contributed by atoms with E-state index >= 15 is 0 Å². The van der Waals surface area contributed by atoms with Gasteiger partial charge in [-0.1, -0.05) is 0 Å². The Bertz CT molecular complexity index is 952. The first kappa shape index (κ1) is 17.7. The van der Waals surface area contributed by atoms with Crippen molar-refractivity contribution < 1.29 is 9.15 Å². The summed E-state index contributed by atoms with van der Waals surface area (Å²) in [6.07, 6.45) is 5.19. The lowest BCUT2D eigenvalue weighted by Crippen LogP contribution is -2.10. The predicted octanol–water partition coefficient (Wildman–Crippen LogP) is 4.23. The largest absolute Gasteiger partial charge is 0.494 e. The summed E-state index contributed by atoms with van der Waals surface area (Å²) in [6.45, 7) is 4.50. The molecule has 0 saturated heterocycles. The summed E-state index contributed by atoms with van der Waals surface area (Å²) in [5.41, 5.74) is 4.70. The van der Waals surface area contributed by atoms with Crippen LogP contribution >= 0.6 is 12.2 Å². The van der Waals surface area contributed by atoms with E-state index in [1.54, 1.807) is 17.2 Å². The Morgan fingerprint density at radius 2 is 2.19 bits per heavy atom. The maximum atomic E-state index is 5.46. The molecule has 0 fully saturated rings. The lowest BCUT2D eigenvalue weighted by molar-refractivity contribution is 0.340. The van der Waals surface area contributed by atoms with Crippen LogP contribution in [0.1, 0.15) is 19.6 Å². The standard InChI is InChI=1S/C18H19N5O2S/c1-3-24-15-8-6-14(7-9-15)17-20-21-18(26)23(17)22-19-12-13(2)11-16-5-4-10-25-16/h4-12,22H,3H2,1-2H3,(H,21,26). The van der Waals surface area contributed by atoms with Crippen molar-refractivity contribution in [1.82, 2.24) is 14.9 Å². The molecule has 0 bridgehead atoms. The number of aromatic amines is 1. The quantitative estimate of drug-likeness (QED) is 0.370. The third-order valence-corrected chi connectivity index (χ3v) is 3.71. The Morgan fingerprint density at radius 3 is 2.88 bits per heavy atom. The molecule has 0 radical (unpaired) electrons. The minimum absolute atomic E-state index is 0.415. The second-order valence-electron chi connectivity index (χ2n) is 5.41. The van der Waals surface area contributed by atoms with Gasteiger partial charge in [0, 0.05) is 5.56 Å². The highest BCUT2D eigenvalue weighted by Gasteiger charge is 2.08. The van der Waals surface area contributed by atoms with Gasteiger partial charge in [0.2, 0.25) is 4.77 Å². The number of ether oxygens (including phenoxy) is 1. The zero-order valence-electron chi connectivity index (χ0n) is 14.5. The van der Waals surface area contributed by atoms with E-state index in [4.69, 9.17) is 21.4 Å². The van der Waals surface area contributed by atoms with Crippen molar-refractivity contribution in [3.63, 3.8) is 0 Å². The van der Waals surface area contributed by atoms with Crippen LogP contribution in [0.25, 0.3) is 17.5 Å². The number of furan rings is 1. The van der Waals surface area contributed by atoms with Crippen LogP contribution in [-0.2, 0) is 0 Å². The number of rotatable bonds is 7. The molecule has 1 aromatic carbocycles. The summed E-state index contributed by atoms with van der Waals surface area (Å²) >= 11 is 5.27. The van der Waals surface area contributed by atoms with Crippen LogP contribution < -0.4 is 10.3 Å². The predicted molar refractivity (Wildman–Crippen MR) is 104 cm³/mol. The third kappa shape index (κ3) is 4.28. The Kier molecular flexibility index (Phi) is 5.65. The number of hydrazone groups is 1. The van der Waals surface area contributed by atoms with Crippen LogP contribution in [-0.4, -0.2) is 27.7 Å². The second kappa shape index (κ2) is 8.30. The van der Waals surface area contributed by atoms with Gasteiger partial charge in [0.25, 0.3) is 0 Å². The van der Waals surface area contributed by atoms with Gasteiger partial charge >= 0.3 is 0 Å². The third-order valence-electron chi connectivity index (χ3n) is 3.43. The van der Waals surface area contributed by atoms with E-state index in [2.05, 4.69) is 20.8 Å². The molecule has 0 spiro atoms. The molecule has 134 valence electrons. The van der Waals surface area contributed by atoms with Crippen molar-refractivity contribution in [1.29, 1.82) is 0 Å². The van der Waals surface area contributed by atoms with Gasteiger partial charge in [0.15, 0.2) is 5.82 Å². The second-order valence-corrected chi connectivity index (χ2v) is 5.79. The monoisotopic (exact) mass is 369 g/mol. The first-order valence-corrected chi connectivity index (χ1v) is 8.49. The summed E-state index contributed by atoms with van der Waals surface area (Å²) in [4.78, 5) is 0. The summed E-state index contributed by atoms with van der Waals surface area (Å²) < 4.78 is 12.7. The Balaban J connectivity index is 1.75. The fraction of sp³-hybridized carbons (Fsp3) is 0.167. The van der Waals surface area contributed by atoms with Crippen molar-refractivity contribution in [2.45, 2.75) is 13.8 Å². The minimum Gasteiger partial charge on any atom is -0.494 e. The fourth-order valence-electron chi connectivity index (χ4n) is 2.27. The van der Waals surface area contributed by atoms with Crippen LogP contribution in [0, 0.1) is 4.77 Å². The van der Waals surface area contributed by atoms with E-state index in [-0.39, 0.29) is 0 Å². The van der Waals surface area contributed by atoms with Gasteiger partial charge in [-0.15, -0.1) is 0 Å². The number of allylic oxidation sites excluding steroid dienone is 1. The number of aromatic nitrogens is 3.